The van der Waals surface area contributed by atoms with Gasteiger partial charge in [-0.05, 0) is 91.8 Å². The molecule has 5 rings (SSSR count). The average molecular weight is 415 g/mol. The Kier molecular flexibility index (Phi) is 4.84. The van der Waals surface area contributed by atoms with Crippen LogP contribution in [0.1, 0.15) is 91.9 Å². The molecule has 0 aromatic carbocycles. The van der Waals surface area contributed by atoms with Gasteiger partial charge >= 0.3 is 0 Å². The lowest BCUT2D eigenvalue weighted by atomic mass is 9.47. The third-order valence-corrected chi connectivity index (χ3v) is 10.6. The van der Waals surface area contributed by atoms with Gasteiger partial charge in [-0.1, -0.05) is 27.7 Å². The number of hydrogen-bond donors (Lipinski definition) is 1. The van der Waals surface area contributed by atoms with Crippen LogP contribution in [-0.4, -0.2) is 35.8 Å². The van der Waals surface area contributed by atoms with Crippen molar-refractivity contribution >= 4 is 11.8 Å². The van der Waals surface area contributed by atoms with Gasteiger partial charge in [0.15, 0.2) is 0 Å². The van der Waals surface area contributed by atoms with Crippen LogP contribution in [0.5, 0.6) is 0 Å². The summed E-state index contributed by atoms with van der Waals surface area (Å²) in [5.41, 5.74) is 0.709. The first-order valence-electron chi connectivity index (χ1n) is 12.7. The van der Waals surface area contributed by atoms with E-state index in [1.165, 1.54) is 32.1 Å². The zero-order valence-electron chi connectivity index (χ0n) is 19.6. The molecule has 3 saturated carbocycles. The Hall–Kier alpha value is -1.06. The van der Waals surface area contributed by atoms with E-state index in [9.17, 15) is 9.59 Å². The first-order chi connectivity index (χ1) is 14.1. The van der Waals surface area contributed by atoms with E-state index in [4.69, 9.17) is 0 Å². The second-order valence-corrected chi connectivity index (χ2v) is 12.8. The third kappa shape index (κ3) is 3.06. The molecule has 5 aliphatic rings. The van der Waals surface area contributed by atoms with E-state index in [-0.39, 0.29) is 28.1 Å². The van der Waals surface area contributed by atoms with E-state index in [1.54, 1.807) is 0 Å². The molecule has 2 aliphatic heterocycles. The number of nitrogens with one attached hydrogen (secondary N) is 1. The maximum Gasteiger partial charge on any atom is 0.226 e. The van der Waals surface area contributed by atoms with Crippen molar-refractivity contribution in [3.63, 3.8) is 0 Å². The lowest BCUT2D eigenvalue weighted by Crippen LogP contribution is -2.61. The molecule has 0 bridgehead atoms. The molecule has 2 heterocycles. The van der Waals surface area contributed by atoms with E-state index in [2.05, 4.69) is 37.9 Å². The number of fused-ring (bicyclic) bond motifs is 5. The molecule has 1 N–H and O–H groups in total. The predicted molar refractivity (Wildman–Crippen MR) is 119 cm³/mol. The van der Waals surface area contributed by atoms with Crippen LogP contribution < -0.4 is 5.32 Å². The Balaban J connectivity index is 1.35. The van der Waals surface area contributed by atoms with Crippen molar-refractivity contribution in [2.24, 2.45) is 39.9 Å². The van der Waals surface area contributed by atoms with Crippen LogP contribution in [0.15, 0.2) is 0 Å². The molecule has 2 amide bonds. The Labute approximate surface area is 182 Å². The maximum absolute atomic E-state index is 13.7. The van der Waals surface area contributed by atoms with Crippen molar-refractivity contribution in [1.29, 1.82) is 0 Å². The molecule has 7 atom stereocenters. The SMILES string of the molecule is CC1(C)CCCN(C(=O)[C@H]2CC[C@H]3[C@@H]4CC[C@H]5NC(=O)CC[C@]5(C)[C@H]4CC[C@]23C)C1. The van der Waals surface area contributed by atoms with Crippen molar-refractivity contribution in [2.45, 2.75) is 97.9 Å². The van der Waals surface area contributed by atoms with E-state index < -0.39 is 0 Å². The molecule has 0 spiro atoms. The minimum absolute atomic E-state index is 0.181. The summed E-state index contributed by atoms with van der Waals surface area (Å²) in [5, 5.41) is 3.34. The second kappa shape index (κ2) is 6.97. The lowest BCUT2D eigenvalue weighted by molar-refractivity contribution is -0.150. The molecule has 3 aliphatic carbocycles. The van der Waals surface area contributed by atoms with Gasteiger partial charge in [-0.15, -0.1) is 0 Å². The van der Waals surface area contributed by atoms with Gasteiger partial charge in [0.05, 0.1) is 0 Å². The highest BCUT2D eigenvalue weighted by molar-refractivity contribution is 5.80. The fraction of sp³-hybridized carbons (Fsp3) is 0.923. The zero-order valence-corrected chi connectivity index (χ0v) is 19.6. The van der Waals surface area contributed by atoms with Crippen molar-refractivity contribution in [2.75, 3.05) is 13.1 Å². The van der Waals surface area contributed by atoms with Crippen molar-refractivity contribution in [1.82, 2.24) is 10.2 Å². The summed E-state index contributed by atoms with van der Waals surface area (Å²) < 4.78 is 0. The predicted octanol–water partition coefficient (Wildman–Crippen LogP) is 4.77. The van der Waals surface area contributed by atoms with Gasteiger partial charge in [0.25, 0.3) is 0 Å². The normalized spacial score (nSPS) is 47.7. The summed E-state index contributed by atoms with van der Waals surface area (Å²) in [4.78, 5) is 28.0. The molecule has 0 aromatic heterocycles. The molecule has 30 heavy (non-hydrogen) atoms. The first-order valence-corrected chi connectivity index (χ1v) is 12.7. The molecular weight excluding hydrogens is 372 g/mol. The van der Waals surface area contributed by atoms with Gasteiger partial charge < -0.3 is 10.2 Å². The monoisotopic (exact) mass is 414 g/mol. The summed E-state index contributed by atoms with van der Waals surface area (Å²) in [6.07, 6.45) is 11.3. The van der Waals surface area contributed by atoms with Gasteiger partial charge in [0.2, 0.25) is 11.8 Å². The number of hydrogen-bond acceptors (Lipinski definition) is 2. The van der Waals surface area contributed by atoms with Crippen LogP contribution in [0, 0.1) is 39.9 Å². The zero-order chi connectivity index (χ0) is 21.3. The van der Waals surface area contributed by atoms with Crippen LogP contribution in [0.2, 0.25) is 0 Å². The molecule has 168 valence electrons. The molecule has 2 saturated heterocycles. The third-order valence-electron chi connectivity index (χ3n) is 10.6. The minimum atomic E-state index is 0.181. The molecule has 0 unspecified atom stereocenters. The highest BCUT2D eigenvalue weighted by Gasteiger charge is 2.61. The summed E-state index contributed by atoms with van der Waals surface area (Å²) >= 11 is 0. The van der Waals surface area contributed by atoms with E-state index in [0.717, 1.165) is 50.6 Å². The van der Waals surface area contributed by atoms with Crippen LogP contribution in [0.3, 0.4) is 0 Å². The summed E-state index contributed by atoms with van der Waals surface area (Å²) in [5.74, 6) is 3.12. The van der Waals surface area contributed by atoms with Crippen molar-refractivity contribution in [3.05, 3.63) is 0 Å². The number of rotatable bonds is 1. The number of nitrogens with zero attached hydrogens (tertiary/aromatic N) is 1. The summed E-state index contributed by atoms with van der Waals surface area (Å²) in [6.45, 7) is 11.5. The number of carbonyl (C=O) groups excluding carboxylic acids is 2. The highest BCUT2D eigenvalue weighted by atomic mass is 16.2. The van der Waals surface area contributed by atoms with Crippen LogP contribution in [0.25, 0.3) is 0 Å². The van der Waals surface area contributed by atoms with Gasteiger partial charge in [0, 0.05) is 31.5 Å². The molecule has 0 aromatic rings. The molecule has 4 heteroatoms. The van der Waals surface area contributed by atoms with Crippen LogP contribution in [0.4, 0.5) is 0 Å². The topological polar surface area (TPSA) is 49.4 Å². The summed E-state index contributed by atoms with van der Waals surface area (Å²) in [6, 6.07) is 0.374. The minimum Gasteiger partial charge on any atom is -0.353 e. The Morgan fingerprint density at radius 3 is 2.47 bits per heavy atom. The number of amides is 2. The highest BCUT2D eigenvalue weighted by Crippen LogP contribution is 2.65. The molecular formula is C26H42N2O2. The Bertz CT molecular complexity index is 733. The van der Waals surface area contributed by atoms with Gasteiger partial charge in [-0.3, -0.25) is 9.59 Å². The van der Waals surface area contributed by atoms with Crippen molar-refractivity contribution in [3.8, 4) is 0 Å². The Morgan fingerprint density at radius 1 is 0.933 bits per heavy atom. The quantitative estimate of drug-likeness (QED) is 0.672. The fourth-order valence-corrected chi connectivity index (χ4v) is 8.94. The number of carbonyl (C=O) groups is 2. The lowest BCUT2D eigenvalue weighted by Gasteiger charge is -2.60. The van der Waals surface area contributed by atoms with Crippen LogP contribution in [-0.2, 0) is 9.59 Å². The van der Waals surface area contributed by atoms with E-state index in [0.29, 0.717) is 24.3 Å². The maximum atomic E-state index is 13.7. The smallest absolute Gasteiger partial charge is 0.226 e. The largest absolute Gasteiger partial charge is 0.353 e. The number of likely N-dealkylation sites (tertiary alicyclic amines) is 1. The van der Waals surface area contributed by atoms with Gasteiger partial charge in [-0.25, -0.2) is 0 Å². The van der Waals surface area contributed by atoms with Gasteiger partial charge in [0.1, 0.15) is 0 Å². The van der Waals surface area contributed by atoms with Gasteiger partial charge in [-0.2, -0.15) is 0 Å². The molecule has 4 nitrogen and oxygen atoms in total. The molecule has 5 fully saturated rings. The Morgan fingerprint density at radius 2 is 1.70 bits per heavy atom. The average Bonchev–Trinajstić information content (AvgIpc) is 3.04. The standard InChI is InChI=1S/C26H42N2O2/c1-24(2)12-5-15-28(16-24)23(30)20-8-7-18-17-6-9-21-26(4,14-11-22(29)27-21)19(17)10-13-25(18,20)3/h17-21H,5-16H2,1-4H3,(H,27,29)/t17-,18-,19-,20+,21+,25-,26+/m0/s1. The van der Waals surface area contributed by atoms with Crippen LogP contribution >= 0.6 is 0 Å². The second-order valence-electron chi connectivity index (χ2n) is 12.8. The first kappa shape index (κ1) is 20.8. The van der Waals surface area contributed by atoms with Crippen molar-refractivity contribution < 1.29 is 9.59 Å². The molecule has 0 radical (unpaired) electrons. The fourth-order valence-electron chi connectivity index (χ4n) is 8.94. The summed E-state index contributed by atoms with van der Waals surface area (Å²) in [7, 11) is 0. The van der Waals surface area contributed by atoms with E-state index >= 15 is 0 Å². The number of piperidine rings is 2. The van der Waals surface area contributed by atoms with E-state index in [1.807, 2.05) is 0 Å².